The molecule has 2 atom stereocenters. The summed E-state index contributed by atoms with van der Waals surface area (Å²) in [5.74, 6) is -0.175. The maximum Gasteiger partial charge on any atom is 0.323 e. The molecule has 0 saturated heterocycles. The van der Waals surface area contributed by atoms with Crippen LogP contribution in [0.15, 0.2) is 0 Å². The Balaban J connectivity index is 2.84. The summed E-state index contributed by atoms with van der Waals surface area (Å²) < 4.78 is 0. The summed E-state index contributed by atoms with van der Waals surface area (Å²) in [5, 5.41) is 12.9. The minimum Gasteiger partial charge on any atom is -0.480 e. The Morgan fingerprint density at radius 2 is 2.19 bits per heavy atom. The van der Waals surface area contributed by atoms with E-state index in [1.807, 2.05) is 0 Å². The van der Waals surface area contributed by atoms with E-state index in [2.05, 4.69) is 33.0 Å². The molecule has 0 aliphatic heterocycles. The van der Waals surface area contributed by atoms with Crippen molar-refractivity contribution in [1.82, 2.24) is 5.32 Å². The van der Waals surface area contributed by atoms with E-state index in [-0.39, 0.29) is 5.54 Å². The fourth-order valence-corrected chi connectivity index (χ4v) is 2.65. The maximum absolute atomic E-state index is 11.6. The summed E-state index contributed by atoms with van der Waals surface area (Å²) in [5.41, 5.74) is -0.799. The average molecular weight is 227 g/mol. The fourth-order valence-electron chi connectivity index (χ4n) is 2.65. The third-order valence-corrected chi connectivity index (χ3v) is 3.87. The molecular weight excluding hydrogens is 202 g/mol. The van der Waals surface area contributed by atoms with Crippen molar-refractivity contribution in [3.8, 4) is 0 Å². The second kappa shape index (κ2) is 4.74. The van der Waals surface area contributed by atoms with Gasteiger partial charge in [-0.2, -0.15) is 0 Å². The lowest BCUT2D eigenvalue weighted by Gasteiger charge is -2.43. The summed E-state index contributed by atoms with van der Waals surface area (Å²) in [6.45, 7) is 8.40. The molecule has 3 nitrogen and oxygen atoms in total. The second-order valence-electron chi connectivity index (χ2n) is 5.95. The van der Waals surface area contributed by atoms with Gasteiger partial charge in [0.15, 0.2) is 0 Å². The molecule has 1 aliphatic carbocycles. The molecule has 0 aromatic rings. The molecule has 3 heteroatoms. The van der Waals surface area contributed by atoms with Crippen molar-refractivity contribution in [3.05, 3.63) is 0 Å². The van der Waals surface area contributed by atoms with Crippen LogP contribution in [-0.4, -0.2) is 22.2 Å². The summed E-state index contributed by atoms with van der Waals surface area (Å²) in [6, 6.07) is 0. The van der Waals surface area contributed by atoms with E-state index in [0.29, 0.717) is 5.92 Å². The highest BCUT2D eigenvalue weighted by atomic mass is 16.4. The van der Waals surface area contributed by atoms with Crippen molar-refractivity contribution in [3.63, 3.8) is 0 Å². The smallest absolute Gasteiger partial charge is 0.323 e. The van der Waals surface area contributed by atoms with E-state index < -0.39 is 11.5 Å². The van der Waals surface area contributed by atoms with Crippen molar-refractivity contribution >= 4 is 5.97 Å². The molecule has 0 bridgehead atoms. The largest absolute Gasteiger partial charge is 0.480 e. The Hall–Kier alpha value is -0.570. The first-order chi connectivity index (χ1) is 7.31. The van der Waals surface area contributed by atoms with E-state index >= 15 is 0 Å². The molecule has 0 heterocycles. The normalized spacial score (nSPS) is 31.4. The molecule has 0 aromatic carbocycles. The lowest BCUT2D eigenvalue weighted by atomic mass is 9.75. The van der Waals surface area contributed by atoms with Gasteiger partial charge in [0.25, 0.3) is 0 Å². The molecule has 0 radical (unpaired) electrons. The van der Waals surface area contributed by atoms with Crippen molar-refractivity contribution in [1.29, 1.82) is 0 Å². The topological polar surface area (TPSA) is 49.3 Å². The van der Waals surface area contributed by atoms with E-state index in [1.54, 1.807) is 0 Å². The molecule has 2 N–H and O–H groups in total. The van der Waals surface area contributed by atoms with Crippen LogP contribution in [0.2, 0.25) is 0 Å². The molecule has 0 aromatic heterocycles. The third-order valence-electron chi connectivity index (χ3n) is 3.87. The molecule has 1 saturated carbocycles. The van der Waals surface area contributed by atoms with Gasteiger partial charge in [-0.25, -0.2) is 0 Å². The molecule has 0 amide bonds. The molecular formula is C13H25NO2. The SMILES string of the molecule is CCC(C)(C)NC1(C(=O)O)CCCC(C)C1. The van der Waals surface area contributed by atoms with Gasteiger partial charge >= 0.3 is 5.97 Å². The van der Waals surface area contributed by atoms with Gasteiger partial charge in [0.2, 0.25) is 0 Å². The van der Waals surface area contributed by atoms with Crippen molar-refractivity contribution in [2.24, 2.45) is 5.92 Å². The lowest BCUT2D eigenvalue weighted by molar-refractivity contribution is -0.148. The van der Waals surface area contributed by atoms with Crippen LogP contribution in [-0.2, 0) is 4.79 Å². The van der Waals surface area contributed by atoms with Gasteiger partial charge < -0.3 is 5.11 Å². The first-order valence-corrected chi connectivity index (χ1v) is 6.34. The Labute approximate surface area is 98.6 Å². The van der Waals surface area contributed by atoms with Gasteiger partial charge in [-0.1, -0.05) is 26.7 Å². The van der Waals surface area contributed by atoms with E-state index in [0.717, 1.165) is 32.1 Å². The number of hydrogen-bond acceptors (Lipinski definition) is 2. The molecule has 16 heavy (non-hydrogen) atoms. The fraction of sp³-hybridized carbons (Fsp3) is 0.923. The Kier molecular flexibility index (Phi) is 4.00. The number of rotatable bonds is 4. The van der Waals surface area contributed by atoms with Crippen LogP contribution < -0.4 is 5.32 Å². The highest BCUT2D eigenvalue weighted by molar-refractivity contribution is 5.79. The van der Waals surface area contributed by atoms with Crippen LogP contribution in [0.3, 0.4) is 0 Å². The zero-order chi connectivity index (χ0) is 12.4. The molecule has 94 valence electrons. The standard InChI is InChI=1S/C13H25NO2/c1-5-12(3,4)14-13(11(15)16)8-6-7-10(2)9-13/h10,14H,5-9H2,1-4H3,(H,15,16). The van der Waals surface area contributed by atoms with Gasteiger partial charge in [0.1, 0.15) is 5.54 Å². The van der Waals surface area contributed by atoms with Crippen LogP contribution >= 0.6 is 0 Å². The first kappa shape index (κ1) is 13.5. The average Bonchev–Trinajstić information content (AvgIpc) is 2.17. The zero-order valence-electron chi connectivity index (χ0n) is 11.0. The van der Waals surface area contributed by atoms with Gasteiger partial charge in [0.05, 0.1) is 0 Å². The lowest BCUT2D eigenvalue weighted by Crippen LogP contribution is -2.61. The van der Waals surface area contributed by atoms with E-state index in [9.17, 15) is 9.90 Å². The Bertz CT molecular complexity index is 263. The number of carboxylic acid groups (broad SMARTS) is 1. The molecule has 1 fully saturated rings. The van der Waals surface area contributed by atoms with Crippen LogP contribution in [0, 0.1) is 5.92 Å². The minimum absolute atomic E-state index is 0.102. The highest BCUT2D eigenvalue weighted by Gasteiger charge is 2.44. The number of aliphatic carboxylic acids is 1. The quantitative estimate of drug-likeness (QED) is 0.776. The van der Waals surface area contributed by atoms with Crippen molar-refractivity contribution < 1.29 is 9.90 Å². The number of carbonyl (C=O) groups is 1. The van der Waals surface area contributed by atoms with E-state index in [4.69, 9.17) is 0 Å². The third kappa shape index (κ3) is 2.97. The number of nitrogens with one attached hydrogen (secondary N) is 1. The first-order valence-electron chi connectivity index (χ1n) is 6.34. The maximum atomic E-state index is 11.6. The molecule has 2 unspecified atom stereocenters. The van der Waals surface area contributed by atoms with Crippen LogP contribution in [0.5, 0.6) is 0 Å². The van der Waals surface area contributed by atoms with Gasteiger partial charge in [0, 0.05) is 5.54 Å². The Morgan fingerprint density at radius 1 is 1.56 bits per heavy atom. The zero-order valence-corrected chi connectivity index (χ0v) is 11.0. The van der Waals surface area contributed by atoms with Crippen molar-refractivity contribution in [2.75, 3.05) is 0 Å². The second-order valence-corrected chi connectivity index (χ2v) is 5.95. The number of carboxylic acids is 1. The predicted molar refractivity (Wildman–Crippen MR) is 65.5 cm³/mol. The highest BCUT2D eigenvalue weighted by Crippen LogP contribution is 2.34. The molecule has 1 aliphatic rings. The van der Waals surface area contributed by atoms with Crippen LogP contribution in [0.25, 0.3) is 0 Å². The monoisotopic (exact) mass is 227 g/mol. The van der Waals surface area contributed by atoms with Gasteiger partial charge in [-0.15, -0.1) is 0 Å². The summed E-state index contributed by atoms with van der Waals surface area (Å²) >= 11 is 0. The molecule has 1 rings (SSSR count). The molecule has 0 spiro atoms. The summed E-state index contributed by atoms with van der Waals surface area (Å²) in [6.07, 6.45) is 4.63. The van der Waals surface area contributed by atoms with Crippen LogP contribution in [0.4, 0.5) is 0 Å². The van der Waals surface area contributed by atoms with Crippen molar-refractivity contribution in [2.45, 2.75) is 70.9 Å². The van der Waals surface area contributed by atoms with Gasteiger partial charge in [-0.05, 0) is 39.0 Å². The van der Waals surface area contributed by atoms with Gasteiger partial charge in [-0.3, -0.25) is 10.1 Å². The van der Waals surface area contributed by atoms with Crippen LogP contribution in [0.1, 0.15) is 59.8 Å². The minimum atomic E-state index is -0.697. The Morgan fingerprint density at radius 3 is 2.62 bits per heavy atom. The summed E-state index contributed by atoms with van der Waals surface area (Å²) in [7, 11) is 0. The number of hydrogen-bond donors (Lipinski definition) is 2. The predicted octanol–water partition coefficient (Wildman–Crippen LogP) is 2.80. The van der Waals surface area contributed by atoms with E-state index in [1.165, 1.54) is 0 Å². The summed E-state index contributed by atoms with van der Waals surface area (Å²) in [4.78, 5) is 11.6.